The molecule has 2 saturated carbocycles. The largest absolute Gasteiger partial charge is 0.352 e. The lowest BCUT2D eigenvalue weighted by Crippen LogP contribution is -2.62. The molecule has 2 aliphatic heterocycles. The molecule has 2 aromatic carbocycles. The number of nitrogens with one attached hydrogen (secondary N) is 2. The Bertz CT molecular complexity index is 2320. The smallest absolute Gasteiger partial charge is 0.279 e. The zero-order valence-electron chi connectivity index (χ0n) is 41.2. The van der Waals surface area contributed by atoms with Crippen LogP contribution in [0.3, 0.4) is 0 Å². The van der Waals surface area contributed by atoms with Crippen LogP contribution in [0.2, 0.25) is 0 Å². The van der Waals surface area contributed by atoms with Gasteiger partial charge in [0.2, 0.25) is 46.4 Å². The monoisotopic (exact) mass is 975 g/mol. The first-order valence-corrected chi connectivity index (χ1v) is 24.2. The van der Waals surface area contributed by atoms with Crippen LogP contribution in [0.15, 0.2) is 45.4 Å². The molecular formula is C51H68F6N6O6. The average molecular weight is 975 g/mol. The van der Waals surface area contributed by atoms with Crippen LogP contribution < -0.4 is 10.6 Å². The van der Waals surface area contributed by atoms with E-state index in [1.165, 1.54) is 41.9 Å². The molecule has 69 heavy (non-hydrogen) atoms. The molecule has 0 bridgehead atoms. The molecule has 4 heterocycles. The Morgan fingerprint density at radius 2 is 1.07 bits per heavy atom. The molecule has 2 aromatic heterocycles. The summed E-state index contributed by atoms with van der Waals surface area (Å²) in [5.41, 5.74) is -1.36. The van der Waals surface area contributed by atoms with Gasteiger partial charge in [-0.25, -0.2) is 17.6 Å². The Labute approximate surface area is 401 Å². The van der Waals surface area contributed by atoms with Crippen molar-refractivity contribution in [2.45, 2.75) is 157 Å². The number of benzene rings is 2. The summed E-state index contributed by atoms with van der Waals surface area (Å²) in [5, 5.41) is 12.8. The quantitative estimate of drug-likeness (QED) is 0.174. The van der Waals surface area contributed by atoms with Gasteiger partial charge in [0.05, 0.1) is 0 Å². The van der Waals surface area contributed by atoms with E-state index in [-0.39, 0.29) is 60.0 Å². The Kier molecular flexibility index (Phi) is 21.3. The standard InChI is InChI=1S/C21H22F3N3O3.C19H20F3N3O3.C5H10.C4H10.C2H6/c1-11-20(28)25-16(12-5-3-2-4-6-12)10-27(11)21(29)18-17(24)19(30-26-18)13-7-8-14(22)15(23)9-13;1-9(2)6-14-18(26)23-10(3)8-25(14)19(27)16-15(22)17(28-24-16)11-4-5-12(20)13(21)7-11;1-2-4-5-3-1;1-4(2)3;1-2/h7-9,11-12,16H,2-6,10H2,1H3,(H,25,28);4-5,7,9-10,14H,6,8H2,1-3H3,(H,23,26);1-5H2;4H,1-3H3;1-2H3. The summed E-state index contributed by atoms with van der Waals surface area (Å²) in [5.74, 6) is -8.57. The minimum absolute atomic E-state index is 0.0810. The Morgan fingerprint density at radius 3 is 1.51 bits per heavy atom. The summed E-state index contributed by atoms with van der Waals surface area (Å²) >= 11 is 0. The summed E-state index contributed by atoms with van der Waals surface area (Å²) in [6.07, 6.45) is 13.2. The van der Waals surface area contributed by atoms with Crippen LogP contribution >= 0.6 is 0 Å². The van der Waals surface area contributed by atoms with Crippen LogP contribution in [0.4, 0.5) is 26.3 Å². The first-order chi connectivity index (χ1) is 32.8. The molecule has 380 valence electrons. The lowest BCUT2D eigenvalue weighted by atomic mass is 9.82. The fourth-order valence-corrected chi connectivity index (χ4v) is 8.39. The number of rotatable bonds is 7. The minimum Gasteiger partial charge on any atom is -0.352 e. The third-order valence-corrected chi connectivity index (χ3v) is 11.8. The van der Waals surface area contributed by atoms with Gasteiger partial charge < -0.3 is 29.5 Å². The average Bonchev–Trinajstić information content (AvgIpc) is 4.11. The Balaban J connectivity index is 0.000000247. The molecule has 0 spiro atoms. The van der Waals surface area contributed by atoms with Gasteiger partial charge in [-0.3, -0.25) is 19.2 Å². The number of amides is 4. The first-order valence-electron chi connectivity index (χ1n) is 24.2. The molecule has 2 aliphatic carbocycles. The lowest BCUT2D eigenvalue weighted by molar-refractivity contribution is -0.130. The number of carbonyl (C=O) groups excluding carboxylic acids is 4. The summed E-state index contributed by atoms with van der Waals surface area (Å²) in [6, 6.07) is 3.38. The van der Waals surface area contributed by atoms with Gasteiger partial charge in [0.15, 0.2) is 23.3 Å². The molecule has 2 saturated heterocycles. The summed E-state index contributed by atoms with van der Waals surface area (Å²) in [4.78, 5) is 53.3. The van der Waals surface area contributed by atoms with Gasteiger partial charge in [-0.15, -0.1) is 0 Å². The minimum atomic E-state index is -1.18. The van der Waals surface area contributed by atoms with Crippen molar-refractivity contribution in [3.8, 4) is 22.6 Å². The summed E-state index contributed by atoms with van der Waals surface area (Å²) < 4.78 is 92.7. The van der Waals surface area contributed by atoms with Crippen molar-refractivity contribution in [1.82, 2.24) is 30.7 Å². The van der Waals surface area contributed by atoms with E-state index in [1.54, 1.807) is 13.8 Å². The van der Waals surface area contributed by atoms with Gasteiger partial charge in [-0.2, -0.15) is 8.78 Å². The molecule has 4 aliphatic rings. The molecule has 8 rings (SSSR count). The number of hydrogen-bond donors (Lipinski definition) is 2. The van der Waals surface area contributed by atoms with Crippen molar-refractivity contribution in [3.05, 3.63) is 82.7 Å². The molecule has 2 N–H and O–H groups in total. The van der Waals surface area contributed by atoms with Crippen molar-refractivity contribution in [3.63, 3.8) is 0 Å². The molecule has 4 unspecified atom stereocenters. The number of piperazine rings is 2. The van der Waals surface area contributed by atoms with E-state index >= 15 is 0 Å². The number of aromatic nitrogens is 2. The van der Waals surface area contributed by atoms with E-state index in [2.05, 4.69) is 41.7 Å². The Morgan fingerprint density at radius 1 is 0.638 bits per heavy atom. The van der Waals surface area contributed by atoms with E-state index in [9.17, 15) is 45.5 Å². The van der Waals surface area contributed by atoms with Crippen LogP contribution in [0, 0.1) is 52.7 Å². The SMILES string of the molecule is C1CCCC1.CC.CC(C)C.CC(C)CC1C(=O)NC(C)CN1C(=O)c1noc(-c2ccc(F)c(F)c2)c1F.CC1C(=O)NC(C2CCCCC2)CN1C(=O)c1noc(-c2ccc(F)c(F)c2)c1F. The molecule has 4 fully saturated rings. The van der Waals surface area contributed by atoms with Crippen molar-refractivity contribution < 1.29 is 54.6 Å². The van der Waals surface area contributed by atoms with Crippen LogP contribution in [-0.2, 0) is 9.59 Å². The third kappa shape index (κ3) is 14.9. The van der Waals surface area contributed by atoms with Gasteiger partial charge in [-0.1, -0.05) is 110 Å². The van der Waals surface area contributed by atoms with Crippen molar-refractivity contribution in [2.24, 2.45) is 17.8 Å². The van der Waals surface area contributed by atoms with Crippen LogP contribution in [-0.4, -0.2) is 81.0 Å². The van der Waals surface area contributed by atoms with Crippen LogP contribution in [0.25, 0.3) is 22.6 Å². The molecular weight excluding hydrogens is 907 g/mol. The van der Waals surface area contributed by atoms with Crippen molar-refractivity contribution in [2.75, 3.05) is 13.1 Å². The maximum Gasteiger partial charge on any atom is 0.279 e. The summed E-state index contributed by atoms with van der Waals surface area (Å²) in [6.45, 7) is 18.1. The predicted molar refractivity (Wildman–Crippen MR) is 249 cm³/mol. The van der Waals surface area contributed by atoms with Crippen molar-refractivity contribution >= 4 is 23.6 Å². The van der Waals surface area contributed by atoms with Gasteiger partial charge in [-0.05, 0) is 87.3 Å². The second-order valence-electron chi connectivity index (χ2n) is 18.8. The third-order valence-electron chi connectivity index (χ3n) is 11.8. The van der Waals surface area contributed by atoms with E-state index in [4.69, 9.17) is 9.05 Å². The van der Waals surface area contributed by atoms with E-state index in [1.807, 2.05) is 27.7 Å². The van der Waals surface area contributed by atoms with E-state index in [0.29, 0.717) is 6.42 Å². The maximum absolute atomic E-state index is 14.9. The topological polar surface area (TPSA) is 151 Å². The molecule has 18 heteroatoms. The van der Waals surface area contributed by atoms with E-state index in [0.717, 1.165) is 74.4 Å². The van der Waals surface area contributed by atoms with Crippen molar-refractivity contribution in [1.29, 1.82) is 0 Å². The maximum atomic E-state index is 14.9. The number of halogens is 6. The number of nitrogens with zero attached hydrogens (tertiary/aromatic N) is 4. The summed E-state index contributed by atoms with van der Waals surface area (Å²) in [7, 11) is 0. The molecule has 4 aromatic rings. The first kappa shape index (κ1) is 55.9. The zero-order chi connectivity index (χ0) is 51.1. The second-order valence-corrected chi connectivity index (χ2v) is 18.8. The van der Waals surface area contributed by atoms with E-state index < -0.39 is 81.7 Å². The van der Waals surface area contributed by atoms with Crippen LogP contribution in [0.1, 0.15) is 154 Å². The normalized spacial score (nSPS) is 20.3. The highest BCUT2D eigenvalue weighted by Gasteiger charge is 2.41. The molecule has 4 atom stereocenters. The van der Waals surface area contributed by atoms with Gasteiger partial charge in [0.1, 0.15) is 12.1 Å². The number of hydrogen-bond acceptors (Lipinski definition) is 8. The second kappa shape index (κ2) is 26.3. The molecule has 0 radical (unpaired) electrons. The van der Waals surface area contributed by atoms with Gasteiger partial charge in [0.25, 0.3) is 11.8 Å². The molecule has 4 amide bonds. The number of carbonyl (C=O) groups is 4. The zero-order valence-corrected chi connectivity index (χ0v) is 41.2. The fourth-order valence-electron chi connectivity index (χ4n) is 8.39. The highest BCUT2D eigenvalue weighted by molar-refractivity contribution is 5.98. The van der Waals surface area contributed by atoms with Crippen LogP contribution in [0.5, 0.6) is 0 Å². The lowest BCUT2D eigenvalue weighted by Gasteiger charge is -2.41. The molecule has 12 nitrogen and oxygen atoms in total. The highest BCUT2D eigenvalue weighted by Crippen LogP contribution is 2.32. The highest BCUT2D eigenvalue weighted by atomic mass is 19.2. The predicted octanol–water partition coefficient (Wildman–Crippen LogP) is 11.4. The fraction of sp³-hybridized carbons (Fsp3) is 0.569. The Hall–Kier alpha value is -5.68. The van der Waals surface area contributed by atoms with Gasteiger partial charge >= 0.3 is 0 Å². The van der Waals surface area contributed by atoms with Gasteiger partial charge in [0, 0.05) is 36.3 Å².